The first-order chi connectivity index (χ1) is 16.3. The number of benzene rings is 2. The molecule has 1 aliphatic rings. The van der Waals surface area contributed by atoms with Crippen LogP contribution in [0.3, 0.4) is 0 Å². The summed E-state index contributed by atoms with van der Waals surface area (Å²) in [5.74, 6) is -0.415. The molecule has 9 heteroatoms. The number of carbonyl (C=O) groups excluding carboxylic acids is 2. The van der Waals surface area contributed by atoms with E-state index in [4.69, 9.17) is 0 Å². The zero-order valence-electron chi connectivity index (χ0n) is 19.6. The van der Waals surface area contributed by atoms with Gasteiger partial charge in [-0.05, 0) is 49.1 Å². The molecular weight excluding hydrogens is 452 g/mol. The molecule has 0 bridgehead atoms. The molecule has 3 N–H and O–H groups in total. The van der Waals surface area contributed by atoms with Crippen molar-refractivity contribution in [1.82, 2.24) is 10.0 Å². The van der Waals surface area contributed by atoms with Crippen LogP contribution in [-0.2, 0) is 14.8 Å². The first kappa shape index (κ1) is 25.4. The van der Waals surface area contributed by atoms with Crippen molar-refractivity contribution in [2.45, 2.75) is 56.9 Å². The summed E-state index contributed by atoms with van der Waals surface area (Å²) in [5, 5.41) is 5.58. The number of aliphatic imine (C=N–C) groups is 1. The predicted octanol–water partition coefficient (Wildman–Crippen LogP) is 3.72. The minimum absolute atomic E-state index is 0.0330. The molecule has 1 heterocycles. The van der Waals surface area contributed by atoms with E-state index in [2.05, 4.69) is 20.3 Å². The van der Waals surface area contributed by atoms with Gasteiger partial charge in [0.2, 0.25) is 5.91 Å². The molecule has 34 heavy (non-hydrogen) atoms. The first-order valence-corrected chi connectivity index (χ1v) is 13.1. The van der Waals surface area contributed by atoms with E-state index in [9.17, 15) is 18.0 Å². The molecule has 182 valence electrons. The summed E-state index contributed by atoms with van der Waals surface area (Å²) in [5.41, 5.74) is 0.794. The Bertz CT molecular complexity index is 1130. The Morgan fingerprint density at radius 3 is 2.53 bits per heavy atom. The van der Waals surface area contributed by atoms with Crippen LogP contribution in [0.2, 0.25) is 0 Å². The third kappa shape index (κ3) is 6.90. The van der Waals surface area contributed by atoms with Crippen LogP contribution < -0.4 is 15.4 Å². The maximum atomic E-state index is 13.1. The van der Waals surface area contributed by atoms with E-state index in [1.54, 1.807) is 36.4 Å². The number of rotatable bonds is 8. The average molecular weight is 485 g/mol. The van der Waals surface area contributed by atoms with Gasteiger partial charge in [-0.2, -0.15) is 0 Å². The zero-order chi connectivity index (χ0) is 24.6. The van der Waals surface area contributed by atoms with Crippen molar-refractivity contribution in [3.63, 3.8) is 0 Å². The lowest BCUT2D eigenvalue weighted by Crippen LogP contribution is -2.47. The Morgan fingerprint density at radius 2 is 1.79 bits per heavy atom. The van der Waals surface area contributed by atoms with Crippen molar-refractivity contribution >= 4 is 33.4 Å². The molecule has 3 rings (SSSR count). The van der Waals surface area contributed by atoms with Gasteiger partial charge in [0.05, 0.1) is 4.90 Å². The first-order valence-electron chi connectivity index (χ1n) is 11.6. The van der Waals surface area contributed by atoms with Gasteiger partial charge in [0.15, 0.2) is 0 Å². The molecular formula is C25H32N4O4S. The summed E-state index contributed by atoms with van der Waals surface area (Å²) in [7, 11) is -3.83. The van der Waals surface area contributed by atoms with E-state index >= 15 is 0 Å². The Balaban J connectivity index is 1.74. The van der Waals surface area contributed by atoms with Gasteiger partial charge in [0.25, 0.3) is 15.9 Å². The van der Waals surface area contributed by atoms with Crippen molar-refractivity contribution in [2.24, 2.45) is 10.9 Å². The number of amides is 2. The number of carbonyl (C=O) groups is 2. The van der Waals surface area contributed by atoms with Crippen molar-refractivity contribution in [2.75, 3.05) is 11.9 Å². The maximum Gasteiger partial charge on any atom is 0.262 e. The van der Waals surface area contributed by atoms with Gasteiger partial charge in [0, 0.05) is 24.2 Å². The van der Waals surface area contributed by atoms with Gasteiger partial charge in [-0.1, -0.05) is 51.0 Å². The van der Waals surface area contributed by atoms with Gasteiger partial charge in [-0.25, -0.2) is 8.42 Å². The fourth-order valence-corrected chi connectivity index (χ4v) is 4.78. The van der Waals surface area contributed by atoms with Crippen LogP contribution in [-0.4, -0.2) is 38.7 Å². The van der Waals surface area contributed by atoms with Gasteiger partial charge >= 0.3 is 0 Å². The number of nitrogens with zero attached hydrogens (tertiary/aromatic N) is 1. The Kier molecular flexibility index (Phi) is 8.81. The predicted molar refractivity (Wildman–Crippen MR) is 133 cm³/mol. The van der Waals surface area contributed by atoms with E-state index in [1.807, 2.05) is 19.9 Å². The van der Waals surface area contributed by atoms with Gasteiger partial charge in [0.1, 0.15) is 11.9 Å². The quantitative estimate of drug-likeness (QED) is 0.529. The van der Waals surface area contributed by atoms with Gasteiger partial charge in [-0.3, -0.25) is 19.3 Å². The fourth-order valence-electron chi connectivity index (χ4n) is 3.65. The van der Waals surface area contributed by atoms with Crippen molar-refractivity contribution in [3.8, 4) is 0 Å². The third-order valence-corrected chi connectivity index (χ3v) is 7.24. The number of hydrogen-bond donors (Lipinski definition) is 3. The van der Waals surface area contributed by atoms with E-state index in [-0.39, 0.29) is 16.7 Å². The smallest absolute Gasteiger partial charge is 0.262 e. The molecule has 0 saturated heterocycles. The number of sulfonamides is 1. The van der Waals surface area contributed by atoms with E-state index in [0.717, 1.165) is 19.3 Å². The number of hydrogen-bond acceptors (Lipinski definition) is 5. The lowest BCUT2D eigenvalue weighted by atomic mass is 9.97. The van der Waals surface area contributed by atoms with E-state index < -0.39 is 22.0 Å². The number of amidine groups is 1. The molecule has 2 atom stereocenters. The van der Waals surface area contributed by atoms with Crippen LogP contribution in [0.4, 0.5) is 5.69 Å². The van der Waals surface area contributed by atoms with Crippen LogP contribution >= 0.6 is 0 Å². The Labute approximate surface area is 201 Å². The summed E-state index contributed by atoms with van der Waals surface area (Å²) < 4.78 is 28.3. The molecule has 0 unspecified atom stereocenters. The largest absolute Gasteiger partial charge is 0.340 e. The van der Waals surface area contributed by atoms with Crippen molar-refractivity contribution in [1.29, 1.82) is 0 Å². The molecule has 0 aliphatic carbocycles. The second kappa shape index (κ2) is 11.8. The normalized spacial score (nSPS) is 15.9. The summed E-state index contributed by atoms with van der Waals surface area (Å²) in [4.78, 5) is 30.1. The molecule has 1 aliphatic heterocycles. The van der Waals surface area contributed by atoms with Crippen LogP contribution in [0, 0.1) is 5.92 Å². The van der Waals surface area contributed by atoms with Crippen LogP contribution in [0.1, 0.15) is 56.3 Å². The molecule has 0 radical (unpaired) electrons. The standard InChI is InChI=1S/C25H32N4O4S/c1-3-18(2)23(28-24(30)19-11-6-4-7-12-19)25(31)27-20-13-10-14-21(17-20)34(32,33)29-22-15-8-5-9-16-26-22/h4,6-7,10-14,17-18,23H,3,5,8-9,15-16H2,1-2H3,(H,26,29)(H,27,31)(H,28,30)/t18-,23+/m0/s1. The molecule has 0 aromatic heterocycles. The number of anilines is 1. The Morgan fingerprint density at radius 1 is 1.03 bits per heavy atom. The van der Waals surface area contributed by atoms with Crippen LogP contribution in [0.25, 0.3) is 0 Å². The SMILES string of the molecule is CC[C@H](C)[C@@H](NC(=O)c1ccccc1)C(=O)Nc1cccc(S(=O)(=O)NC2=NCCCCC2)c1. The number of nitrogens with one attached hydrogen (secondary N) is 3. The molecule has 0 spiro atoms. The van der Waals surface area contributed by atoms with Crippen LogP contribution in [0.5, 0.6) is 0 Å². The molecule has 0 fully saturated rings. The summed E-state index contributed by atoms with van der Waals surface area (Å²) in [6.45, 7) is 4.43. The minimum Gasteiger partial charge on any atom is -0.340 e. The second-order valence-corrected chi connectivity index (χ2v) is 10.1. The highest BCUT2D eigenvalue weighted by atomic mass is 32.2. The second-order valence-electron chi connectivity index (χ2n) is 8.46. The zero-order valence-corrected chi connectivity index (χ0v) is 20.4. The van der Waals surface area contributed by atoms with Gasteiger partial charge < -0.3 is 10.6 Å². The average Bonchev–Trinajstić information content (AvgIpc) is 3.10. The molecule has 0 saturated carbocycles. The Hall–Kier alpha value is -3.20. The lowest BCUT2D eigenvalue weighted by Gasteiger charge is -2.23. The van der Waals surface area contributed by atoms with Crippen molar-refractivity contribution in [3.05, 3.63) is 60.2 Å². The topological polar surface area (TPSA) is 117 Å². The maximum absolute atomic E-state index is 13.1. The lowest BCUT2D eigenvalue weighted by molar-refractivity contribution is -0.119. The summed E-state index contributed by atoms with van der Waals surface area (Å²) in [6.07, 6.45) is 4.13. The minimum atomic E-state index is -3.83. The summed E-state index contributed by atoms with van der Waals surface area (Å²) in [6, 6.07) is 14.0. The molecule has 8 nitrogen and oxygen atoms in total. The van der Waals surface area contributed by atoms with E-state index in [0.29, 0.717) is 36.5 Å². The van der Waals surface area contributed by atoms with E-state index in [1.165, 1.54) is 12.1 Å². The molecule has 2 amide bonds. The fraction of sp³-hybridized carbons (Fsp3) is 0.400. The monoisotopic (exact) mass is 484 g/mol. The highest BCUT2D eigenvalue weighted by Gasteiger charge is 2.27. The highest BCUT2D eigenvalue weighted by Crippen LogP contribution is 2.18. The highest BCUT2D eigenvalue weighted by molar-refractivity contribution is 7.90. The summed E-state index contributed by atoms with van der Waals surface area (Å²) >= 11 is 0. The van der Waals surface area contributed by atoms with Crippen molar-refractivity contribution < 1.29 is 18.0 Å². The molecule has 2 aromatic rings. The van der Waals surface area contributed by atoms with Crippen LogP contribution in [0.15, 0.2) is 64.5 Å². The third-order valence-electron chi connectivity index (χ3n) is 5.86. The molecule has 2 aromatic carbocycles. The van der Waals surface area contributed by atoms with Gasteiger partial charge in [-0.15, -0.1) is 0 Å².